The van der Waals surface area contributed by atoms with Gasteiger partial charge in [0.1, 0.15) is 5.82 Å². The number of H-pyrrole nitrogens is 1. The molecule has 1 saturated heterocycles. The highest BCUT2D eigenvalue weighted by molar-refractivity contribution is 6.45. The van der Waals surface area contributed by atoms with Gasteiger partial charge in [0.05, 0.1) is 17.7 Å². The van der Waals surface area contributed by atoms with Gasteiger partial charge in [0.15, 0.2) is 5.84 Å². The Morgan fingerprint density at radius 1 is 1.19 bits per heavy atom. The van der Waals surface area contributed by atoms with Gasteiger partial charge in [-0.15, -0.1) is 0 Å². The number of aromatic nitrogens is 1. The number of piperazine rings is 1. The highest BCUT2D eigenvalue weighted by Gasteiger charge is 2.31. The summed E-state index contributed by atoms with van der Waals surface area (Å²) in [5, 5.41) is 11.7. The van der Waals surface area contributed by atoms with Gasteiger partial charge in [0.2, 0.25) is 0 Å². The lowest BCUT2D eigenvalue weighted by Crippen LogP contribution is -2.52. The molecule has 2 heterocycles. The molecule has 1 fully saturated rings. The Morgan fingerprint density at radius 3 is 2.45 bits per heavy atom. The van der Waals surface area contributed by atoms with E-state index in [0.717, 1.165) is 6.07 Å². The molecule has 2 aromatic rings. The first-order valence-corrected chi connectivity index (χ1v) is 9.77. The largest absolute Gasteiger partial charge is 0.449 e. The van der Waals surface area contributed by atoms with Crippen molar-refractivity contribution in [1.82, 2.24) is 14.8 Å². The molecular weight excluding hydrogens is 409 g/mol. The number of carbonyl (C=O) groups is 3. The summed E-state index contributed by atoms with van der Waals surface area (Å²) in [7, 11) is 0. The van der Waals surface area contributed by atoms with Crippen molar-refractivity contribution in [1.29, 1.82) is 0 Å². The van der Waals surface area contributed by atoms with Crippen molar-refractivity contribution >= 4 is 34.5 Å². The van der Waals surface area contributed by atoms with Gasteiger partial charge < -0.3 is 30.5 Å². The Kier molecular flexibility index (Phi) is 6.42. The second-order valence-electron chi connectivity index (χ2n) is 7.61. The Labute approximate surface area is 177 Å². The van der Waals surface area contributed by atoms with Gasteiger partial charge in [0, 0.05) is 43.3 Å². The van der Waals surface area contributed by atoms with E-state index in [-0.39, 0.29) is 60.0 Å². The van der Waals surface area contributed by atoms with Crippen LogP contribution in [0.3, 0.4) is 0 Å². The van der Waals surface area contributed by atoms with Crippen LogP contribution < -0.4 is 5.73 Å². The van der Waals surface area contributed by atoms with Crippen molar-refractivity contribution in [3.05, 3.63) is 35.3 Å². The minimum atomic E-state index is -0.891. The lowest BCUT2D eigenvalue weighted by Gasteiger charge is -2.33. The molecule has 0 radical (unpaired) electrons. The van der Waals surface area contributed by atoms with Gasteiger partial charge in [-0.1, -0.05) is 19.0 Å². The number of hydrogen-bond acceptors (Lipinski definition) is 6. The molecule has 0 bridgehead atoms. The summed E-state index contributed by atoms with van der Waals surface area (Å²) < 4.78 is 19.6. The van der Waals surface area contributed by atoms with E-state index in [9.17, 15) is 18.8 Å². The van der Waals surface area contributed by atoms with Gasteiger partial charge in [-0.25, -0.2) is 9.18 Å². The van der Waals surface area contributed by atoms with Crippen molar-refractivity contribution in [2.45, 2.75) is 13.8 Å². The Balaban J connectivity index is 1.74. The number of nitrogens with one attached hydrogen (secondary N) is 1. The third kappa shape index (κ3) is 4.44. The topological polar surface area (TPSA) is 141 Å². The van der Waals surface area contributed by atoms with Crippen LogP contribution in [0.2, 0.25) is 0 Å². The smallest absolute Gasteiger partial charge is 0.409 e. The minimum absolute atomic E-state index is 0.113. The number of rotatable bonds is 5. The van der Waals surface area contributed by atoms with Crippen LogP contribution in [0.15, 0.2) is 23.5 Å². The van der Waals surface area contributed by atoms with Crippen molar-refractivity contribution in [2.75, 3.05) is 32.8 Å². The number of amidine groups is 1. The third-order valence-electron chi connectivity index (χ3n) is 4.97. The average molecular weight is 433 g/mol. The van der Waals surface area contributed by atoms with E-state index in [1.54, 1.807) is 0 Å². The summed E-state index contributed by atoms with van der Waals surface area (Å²) in [5.41, 5.74) is 5.79. The van der Waals surface area contributed by atoms with Crippen molar-refractivity contribution in [3.63, 3.8) is 0 Å². The summed E-state index contributed by atoms with van der Waals surface area (Å²) in [6.45, 7) is 4.92. The number of hydrogen-bond donors (Lipinski definition) is 3. The van der Waals surface area contributed by atoms with Gasteiger partial charge in [-0.3, -0.25) is 9.59 Å². The maximum absolute atomic E-state index is 14.5. The van der Waals surface area contributed by atoms with E-state index in [0.29, 0.717) is 6.61 Å². The number of oxime groups is 1. The predicted octanol–water partition coefficient (Wildman–Crippen LogP) is 1.52. The molecule has 1 aliphatic rings. The monoisotopic (exact) mass is 433 g/mol. The molecule has 10 nitrogen and oxygen atoms in total. The molecule has 31 heavy (non-hydrogen) atoms. The summed E-state index contributed by atoms with van der Waals surface area (Å²) in [6, 6.07) is 2.38. The molecule has 0 aliphatic carbocycles. The number of Topliss-reactive ketones (excluding diaryl/α,β-unsaturated/α-hetero) is 1. The van der Waals surface area contributed by atoms with Crippen LogP contribution in [-0.4, -0.2) is 76.4 Å². The Bertz CT molecular complexity index is 1040. The van der Waals surface area contributed by atoms with Gasteiger partial charge in [0.25, 0.3) is 11.7 Å². The standard InChI is InChI=1S/C20H24FN5O5/c1-11(2)10-31-20(29)26-7-5-25(6-8-26)19(28)17(27)13-9-23-16-12(18(22)24-30)3-4-14(21)15(13)16/h3-4,9,11,23,30H,5-8,10H2,1-2H3,(H2,22,24). The second kappa shape index (κ2) is 9.02. The number of carbonyl (C=O) groups excluding carboxylic acids is 3. The summed E-state index contributed by atoms with van der Waals surface area (Å²) in [4.78, 5) is 43.1. The van der Waals surface area contributed by atoms with E-state index in [1.165, 1.54) is 22.1 Å². The van der Waals surface area contributed by atoms with E-state index < -0.39 is 23.6 Å². The first kappa shape index (κ1) is 22.1. The average Bonchev–Trinajstić information content (AvgIpc) is 3.22. The van der Waals surface area contributed by atoms with E-state index in [1.807, 2.05) is 13.8 Å². The first-order valence-electron chi connectivity index (χ1n) is 9.77. The molecule has 1 aromatic heterocycles. The summed E-state index contributed by atoms with van der Waals surface area (Å²) in [6.07, 6.45) is 0.767. The first-order chi connectivity index (χ1) is 14.7. The highest BCUT2D eigenvalue weighted by Crippen LogP contribution is 2.26. The normalized spacial score (nSPS) is 14.9. The van der Waals surface area contributed by atoms with E-state index in [2.05, 4.69) is 10.1 Å². The molecule has 4 N–H and O–H groups in total. The van der Waals surface area contributed by atoms with Crippen LogP contribution in [0.1, 0.15) is 29.8 Å². The van der Waals surface area contributed by atoms with Crippen LogP contribution in [-0.2, 0) is 9.53 Å². The lowest BCUT2D eigenvalue weighted by atomic mass is 10.0. The number of amides is 2. The van der Waals surface area contributed by atoms with Gasteiger partial charge in [-0.2, -0.15) is 0 Å². The van der Waals surface area contributed by atoms with Gasteiger partial charge >= 0.3 is 6.09 Å². The third-order valence-corrected chi connectivity index (χ3v) is 4.97. The number of nitrogens with zero attached hydrogens (tertiary/aromatic N) is 3. The molecule has 0 saturated carbocycles. The highest BCUT2D eigenvalue weighted by atomic mass is 19.1. The van der Waals surface area contributed by atoms with Crippen molar-refractivity contribution in [2.24, 2.45) is 16.8 Å². The number of nitrogens with two attached hydrogens (primary N) is 1. The lowest BCUT2D eigenvalue weighted by molar-refractivity contribution is -0.128. The number of benzene rings is 1. The van der Waals surface area contributed by atoms with Crippen LogP contribution in [0, 0.1) is 11.7 Å². The van der Waals surface area contributed by atoms with E-state index >= 15 is 0 Å². The number of fused-ring (bicyclic) bond motifs is 1. The number of aromatic amines is 1. The zero-order chi connectivity index (χ0) is 22.7. The molecule has 0 unspecified atom stereocenters. The predicted molar refractivity (Wildman–Crippen MR) is 109 cm³/mol. The van der Waals surface area contributed by atoms with Gasteiger partial charge in [-0.05, 0) is 18.1 Å². The molecule has 1 aromatic carbocycles. The summed E-state index contributed by atoms with van der Waals surface area (Å²) in [5.74, 6) is -2.47. The maximum atomic E-state index is 14.5. The molecule has 2 amide bonds. The molecule has 1 aliphatic heterocycles. The zero-order valence-electron chi connectivity index (χ0n) is 17.2. The fourth-order valence-electron chi connectivity index (χ4n) is 3.33. The van der Waals surface area contributed by atoms with Crippen LogP contribution >= 0.6 is 0 Å². The quantitative estimate of drug-likeness (QED) is 0.163. The molecule has 3 rings (SSSR count). The molecule has 166 valence electrons. The number of ketones is 1. The fraction of sp³-hybridized carbons (Fsp3) is 0.400. The Hall–Kier alpha value is -3.63. The number of ether oxygens (including phenoxy) is 1. The zero-order valence-corrected chi connectivity index (χ0v) is 17.2. The Morgan fingerprint density at radius 2 is 1.84 bits per heavy atom. The fourth-order valence-corrected chi connectivity index (χ4v) is 3.33. The second-order valence-corrected chi connectivity index (χ2v) is 7.61. The minimum Gasteiger partial charge on any atom is -0.449 e. The maximum Gasteiger partial charge on any atom is 0.409 e. The van der Waals surface area contributed by atoms with Crippen LogP contribution in [0.4, 0.5) is 9.18 Å². The number of halogens is 1. The molecule has 0 atom stereocenters. The van der Waals surface area contributed by atoms with Crippen molar-refractivity contribution < 1.29 is 28.7 Å². The van der Waals surface area contributed by atoms with Crippen LogP contribution in [0.25, 0.3) is 10.9 Å². The van der Waals surface area contributed by atoms with E-state index in [4.69, 9.17) is 15.7 Å². The van der Waals surface area contributed by atoms with Crippen LogP contribution in [0.5, 0.6) is 0 Å². The molecule has 0 spiro atoms. The SMILES string of the molecule is CC(C)COC(=O)N1CCN(C(=O)C(=O)c2c[nH]c3c(/C(N)=N/O)ccc(F)c23)CC1. The van der Waals surface area contributed by atoms with Crippen molar-refractivity contribution in [3.8, 4) is 0 Å². The summed E-state index contributed by atoms with van der Waals surface area (Å²) >= 11 is 0. The molecule has 11 heteroatoms. The molecular formula is C20H24FN5O5.